The van der Waals surface area contributed by atoms with E-state index in [0.29, 0.717) is 27.6 Å². The van der Waals surface area contributed by atoms with E-state index in [-0.39, 0.29) is 5.56 Å². The standard InChI is InChI=1S/C16H8BrNO3/c17-8-5-6-11-10(7-8)13(16(19)20)15-14(18-11)9-3-1-2-4-12(9)21-15/h1-7H,(H,19,20). The van der Waals surface area contributed by atoms with Gasteiger partial charge in [0.25, 0.3) is 0 Å². The molecule has 0 saturated heterocycles. The van der Waals surface area contributed by atoms with Crippen LogP contribution in [0.5, 0.6) is 0 Å². The quantitative estimate of drug-likeness (QED) is 0.549. The van der Waals surface area contributed by atoms with Crippen molar-refractivity contribution in [3.8, 4) is 0 Å². The number of para-hydroxylation sites is 1. The van der Waals surface area contributed by atoms with Crippen molar-refractivity contribution >= 4 is 54.9 Å². The zero-order valence-corrected chi connectivity index (χ0v) is 12.2. The average Bonchev–Trinajstić information content (AvgIpc) is 2.82. The number of nitrogens with zero attached hydrogens (tertiary/aromatic N) is 1. The number of carboxylic acid groups (broad SMARTS) is 1. The summed E-state index contributed by atoms with van der Waals surface area (Å²) in [6, 6.07) is 12.8. The average molecular weight is 342 g/mol. The maximum absolute atomic E-state index is 11.7. The fourth-order valence-corrected chi connectivity index (χ4v) is 2.93. The summed E-state index contributed by atoms with van der Waals surface area (Å²) in [7, 11) is 0. The number of carbonyl (C=O) groups is 1. The van der Waals surface area contributed by atoms with Crippen LogP contribution in [-0.4, -0.2) is 16.1 Å². The van der Waals surface area contributed by atoms with E-state index in [1.807, 2.05) is 30.3 Å². The van der Waals surface area contributed by atoms with E-state index in [2.05, 4.69) is 20.9 Å². The minimum Gasteiger partial charge on any atom is -0.478 e. The zero-order valence-electron chi connectivity index (χ0n) is 10.6. The highest BCUT2D eigenvalue weighted by molar-refractivity contribution is 9.10. The van der Waals surface area contributed by atoms with Crippen molar-refractivity contribution in [1.29, 1.82) is 0 Å². The van der Waals surface area contributed by atoms with Crippen LogP contribution < -0.4 is 0 Å². The lowest BCUT2D eigenvalue weighted by atomic mass is 10.1. The van der Waals surface area contributed by atoms with Crippen molar-refractivity contribution in [1.82, 2.24) is 4.98 Å². The second kappa shape index (κ2) is 4.30. The molecule has 0 atom stereocenters. The van der Waals surface area contributed by atoms with Crippen LogP contribution in [0.2, 0.25) is 0 Å². The Labute approximate surface area is 127 Å². The van der Waals surface area contributed by atoms with Crippen LogP contribution in [0.3, 0.4) is 0 Å². The normalized spacial score (nSPS) is 11.5. The highest BCUT2D eigenvalue weighted by Crippen LogP contribution is 2.34. The fraction of sp³-hybridized carbons (Fsp3) is 0. The van der Waals surface area contributed by atoms with Crippen LogP contribution >= 0.6 is 15.9 Å². The molecule has 4 aromatic rings. The molecule has 0 saturated carbocycles. The van der Waals surface area contributed by atoms with E-state index >= 15 is 0 Å². The Morgan fingerprint density at radius 1 is 1.14 bits per heavy atom. The summed E-state index contributed by atoms with van der Waals surface area (Å²) in [5.74, 6) is -1.02. The van der Waals surface area contributed by atoms with Gasteiger partial charge in [0.15, 0.2) is 5.58 Å². The van der Waals surface area contributed by atoms with Gasteiger partial charge in [-0.3, -0.25) is 0 Å². The third kappa shape index (κ3) is 1.74. The number of hydrogen-bond acceptors (Lipinski definition) is 3. The Morgan fingerprint density at radius 3 is 2.76 bits per heavy atom. The SMILES string of the molecule is O=C(O)c1c2cc(Br)ccc2nc2c1oc1ccccc12. The van der Waals surface area contributed by atoms with Crippen LogP contribution in [0, 0.1) is 0 Å². The molecule has 0 amide bonds. The van der Waals surface area contributed by atoms with Gasteiger partial charge in [-0.25, -0.2) is 9.78 Å². The Morgan fingerprint density at radius 2 is 1.95 bits per heavy atom. The number of furan rings is 1. The molecule has 0 aliphatic rings. The smallest absolute Gasteiger partial charge is 0.340 e. The van der Waals surface area contributed by atoms with E-state index < -0.39 is 5.97 Å². The van der Waals surface area contributed by atoms with Crippen LogP contribution in [0.4, 0.5) is 0 Å². The number of aromatic nitrogens is 1. The van der Waals surface area contributed by atoms with Gasteiger partial charge in [0.2, 0.25) is 0 Å². The van der Waals surface area contributed by atoms with Crippen molar-refractivity contribution in [2.45, 2.75) is 0 Å². The van der Waals surface area contributed by atoms with Gasteiger partial charge in [-0.2, -0.15) is 0 Å². The van der Waals surface area contributed by atoms with E-state index in [0.717, 1.165) is 9.86 Å². The molecule has 2 aromatic carbocycles. The first-order valence-corrected chi connectivity index (χ1v) is 7.08. The van der Waals surface area contributed by atoms with Crippen molar-refractivity contribution in [3.63, 3.8) is 0 Å². The van der Waals surface area contributed by atoms with Crippen LogP contribution in [0.1, 0.15) is 10.4 Å². The van der Waals surface area contributed by atoms with Crippen molar-refractivity contribution < 1.29 is 14.3 Å². The number of halogens is 1. The molecular formula is C16H8BrNO3. The molecule has 0 radical (unpaired) electrons. The summed E-state index contributed by atoms with van der Waals surface area (Å²) in [5, 5.41) is 11.0. The summed E-state index contributed by atoms with van der Waals surface area (Å²) in [5.41, 5.74) is 2.31. The van der Waals surface area contributed by atoms with Gasteiger partial charge in [-0.15, -0.1) is 0 Å². The summed E-state index contributed by atoms with van der Waals surface area (Å²) in [6.07, 6.45) is 0. The molecule has 0 aliphatic carbocycles. The molecule has 0 fully saturated rings. The van der Waals surface area contributed by atoms with Gasteiger partial charge in [0.1, 0.15) is 16.7 Å². The van der Waals surface area contributed by atoms with E-state index in [1.165, 1.54) is 0 Å². The minimum absolute atomic E-state index is 0.146. The molecule has 4 nitrogen and oxygen atoms in total. The first kappa shape index (κ1) is 12.3. The number of rotatable bonds is 1. The van der Waals surface area contributed by atoms with Crippen molar-refractivity contribution in [2.75, 3.05) is 0 Å². The largest absolute Gasteiger partial charge is 0.478 e. The summed E-state index contributed by atoms with van der Waals surface area (Å²) in [6.45, 7) is 0. The molecule has 2 heterocycles. The lowest BCUT2D eigenvalue weighted by Crippen LogP contribution is -1.99. The van der Waals surface area contributed by atoms with E-state index in [4.69, 9.17) is 4.42 Å². The van der Waals surface area contributed by atoms with Crippen molar-refractivity contribution in [2.24, 2.45) is 0 Å². The topological polar surface area (TPSA) is 63.3 Å². The second-order valence-electron chi connectivity index (χ2n) is 4.73. The third-order valence-corrected chi connectivity index (χ3v) is 3.96. The highest BCUT2D eigenvalue weighted by Gasteiger charge is 2.20. The van der Waals surface area contributed by atoms with E-state index in [1.54, 1.807) is 12.1 Å². The summed E-state index contributed by atoms with van der Waals surface area (Å²) in [4.78, 5) is 16.3. The molecule has 2 aromatic heterocycles. The molecule has 5 heteroatoms. The number of aromatic carboxylic acids is 1. The monoisotopic (exact) mass is 341 g/mol. The number of pyridine rings is 1. The van der Waals surface area contributed by atoms with Gasteiger partial charge in [-0.05, 0) is 30.3 Å². The Hall–Kier alpha value is -2.40. The van der Waals surface area contributed by atoms with Gasteiger partial charge < -0.3 is 9.52 Å². The zero-order chi connectivity index (χ0) is 14.6. The molecule has 0 bridgehead atoms. The summed E-state index contributed by atoms with van der Waals surface area (Å²) >= 11 is 3.36. The molecule has 102 valence electrons. The molecule has 0 spiro atoms. The molecule has 21 heavy (non-hydrogen) atoms. The highest BCUT2D eigenvalue weighted by atomic mass is 79.9. The Kier molecular flexibility index (Phi) is 2.53. The lowest BCUT2D eigenvalue weighted by molar-refractivity contribution is 0.0700. The number of hydrogen-bond donors (Lipinski definition) is 1. The molecule has 4 rings (SSSR count). The van der Waals surface area contributed by atoms with Crippen LogP contribution in [0.25, 0.3) is 33.0 Å². The number of benzene rings is 2. The van der Waals surface area contributed by atoms with Gasteiger partial charge >= 0.3 is 5.97 Å². The first-order valence-electron chi connectivity index (χ1n) is 6.29. The maximum atomic E-state index is 11.7. The van der Waals surface area contributed by atoms with Crippen LogP contribution in [0.15, 0.2) is 51.4 Å². The Bertz CT molecular complexity index is 1040. The Balaban J connectivity index is 2.32. The first-order chi connectivity index (χ1) is 10.1. The number of carboxylic acids is 1. The summed E-state index contributed by atoms with van der Waals surface area (Å²) < 4.78 is 6.53. The van der Waals surface area contributed by atoms with Crippen LogP contribution in [-0.2, 0) is 0 Å². The fourth-order valence-electron chi connectivity index (χ4n) is 2.57. The van der Waals surface area contributed by atoms with E-state index in [9.17, 15) is 9.90 Å². The molecular weight excluding hydrogens is 334 g/mol. The molecule has 1 N–H and O–H groups in total. The van der Waals surface area contributed by atoms with Crippen molar-refractivity contribution in [3.05, 3.63) is 52.5 Å². The predicted octanol–water partition coefficient (Wildman–Crippen LogP) is 4.59. The van der Waals surface area contributed by atoms with Gasteiger partial charge in [0, 0.05) is 15.2 Å². The second-order valence-corrected chi connectivity index (χ2v) is 5.65. The third-order valence-electron chi connectivity index (χ3n) is 3.47. The predicted molar refractivity (Wildman–Crippen MR) is 83.7 cm³/mol. The minimum atomic E-state index is -1.02. The lowest BCUT2D eigenvalue weighted by Gasteiger charge is -2.03. The molecule has 0 unspecified atom stereocenters. The molecule has 0 aliphatic heterocycles. The number of fused-ring (bicyclic) bond motifs is 4. The maximum Gasteiger partial charge on any atom is 0.340 e. The van der Waals surface area contributed by atoms with Gasteiger partial charge in [0.05, 0.1) is 5.52 Å². The van der Waals surface area contributed by atoms with Gasteiger partial charge in [-0.1, -0.05) is 28.1 Å².